The van der Waals surface area contributed by atoms with E-state index in [1.807, 2.05) is 18.5 Å². The molecule has 0 spiro atoms. The van der Waals surface area contributed by atoms with Crippen molar-refractivity contribution in [1.29, 1.82) is 0 Å². The van der Waals surface area contributed by atoms with Gasteiger partial charge in [-0.1, -0.05) is 28.9 Å². The zero-order valence-corrected chi connectivity index (χ0v) is 12.9. The van der Waals surface area contributed by atoms with E-state index in [1.54, 1.807) is 0 Å². The first-order valence-corrected chi connectivity index (χ1v) is 7.42. The van der Waals surface area contributed by atoms with Crippen LogP contribution in [0.4, 0.5) is 4.39 Å². The van der Waals surface area contributed by atoms with E-state index in [1.165, 1.54) is 18.5 Å². The van der Waals surface area contributed by atoms with E-state index in [4.69, 9.17) is 0 Å². The summed E-state index contributed by atoms with van der Waals surface area (Å²) in [6, 6.07) is 4.91. The molecule has 0 fully saturated rings. The zero-order valence-electron chi connectivity index (χ0n) is 11.3. The lowest BCUT2D eigenvalue weighted by atomic mass is 10.0. The summed E-state index contributed by atoms with van der Waals surface area (Å²) in [4.78, 5) is 8.14. The Bertz CT molecular complexity index is 548. The Morgan fingerprint density at radius 1 is 1.30 bits per heavy atom. The average molecular weight is 338 g/mol. The Kier molecular flexibility index (Phi) is 5.61. The monoisotopic (exact) mass is 337 g/mol. The molecule has 2 rings (SSSR count). The molecule has 3 nitrogen and oxygen atoms in total. The summed E-state index contributed by atoms with van der Waals surface area (Å²) >= 11 is 3.42. The van der Waals surface area contributed by atoms with Crippen LogP contribution < -0.4 is 5.32 Å². The molecule has 1 N–H and O–H groups in total. The van der Waals surface area contributed by atoms with Gasteiger partial charge in [-0.2, -0.15) is 0 Å². The number of halogens is 2. The molecule has 106 valence electrons. The first-order chi connectivity index (χ1) is 9.70. The average Bonchev–Trinajstić information content (AvgIpc) is 2.46. The van der Waals surface area contributed by atoms with Gasteiger partial charge < -0.3 is 5.32 Å². The van der Waals surface area contributed by atoms with Crippen LogP contribution in [0.15, 0.2) is 41.4 Å². The Hall–Kier alpha value is -1.33. The Balaban J connectivity index is 2.19. The van der Waals surface area contributed by atoms with E-state index in [2.05, 4.69) is 38.1 Å². The summed E-state index contributed by atoms with van der Waals surface area (Å²) < 4.78 is 13.9. The Morgan fingerprint density at radius 3 is 2.70 bits per heavy atom. The molecule has 0 aliphatic heterocycles. The van der Waals surface area contributed by atoms with Gasteiger partial charge in [-0.3, -0.25) is 0 Å². The fourth-order valence-corrected chi connectivity index (χ4v) is 2.54. The molecular formula is C15H17BrFN3. The predicted molar refractivity (Wildman–Crippen MR) is 80.9 cm³/mol. The summed E-state index contributed by atoms with van der Waals surface area (Å²) in [6.07, 6.45) is 6.96. The van der Waals surface area contributed by atoms with Crippen molar-refractivity contribution < 1.29 is 4.39 Å². The second-order valence-corrected chi connectivity index (χ2v) is 5.47. The summed E-state index contributed by atoms with van der Waals surface area (Å²) in [6.45, 7) is 3.04. The smallest absolute Gasteiger partial charge is 0.124 e. The SMILES string of the molecule is CCCNC(Cc1ccc(F)cc1Br)c1cncnc1. The molecule has 20 heavy (non-hydrogen) atoms. The molecular weight excluding hydrogens is 321 g/mol. The molecule has 0 saturated carbocycles. The second kappa shape index (κ2) is 7.45. The molecule has 0 saturated heterocycles. The van der Waals surface area contributed by atoms with Crippen LogP contribution in [0.25, 0.3) is 0 Å². The van der Waals surface area contributed by atoms with Gasteiger partial charge in [-0.05, 0) is 37.1 Å². The molecule has 1 aromatic heterocycles. The van der Waals surface area contributed by atoms with Gasteiger partial charge in [0, 0.05) is 28.5 Å². The molecule has 2 aromatic rings. The normalized spacial score (nSPS) is 12.3. The van der Waals surface area contributed by atoms with Gasteiger partial charge in [-0.25, -0.2) is 14.4 Å². The standard InChI is InChI=1S/C15H17BrFN3/c1-2-5-20-15(12-8-18-10-19-9-12)6-11-3-4-13(17)7-14(11)16/h3-4,7-10,15,20H,2,5-6H2,1H3. The molecule has 1 aromatic carbocycles. The molecule has 0 amide bonds. The number of nitrogens with zero attached hydrogens (tertiary/aromatic N) is 2. The summed E-state index contributed by atoms with van der Waals surface area (Å²) in [5.74, 6) is -0.235. The minimum Gasteiger partial charge on any atom is -0.310 e. The maximum absolute atomic E-state index is 13.1. The largest absolute Gasteiger partial charge is 0.310 e. The third-order valence-electron chi connectivity index (χ3n) is 3.06. The van der Waals surface area contributed by atoms with Gasteiger partial charge >= 0.3 is 0 Å². The van der Waals surface area contributed by atoms with Crippen molar-refractivity contribution >= 4 is 15.9 Å². The second-order valence-electron chi connectivity index (χ2n) is 4.62. The van der Waals surface area contributed by atoms with Crippen molar-refractivity contribution in [2.45, 2.75) is 25.8 Å². The van der Waals surface area contributed by atoms with Crippen LogP contribution in [0, 0.1) is 5.82 Å². The van der Waals surface area contributed by atoms with Crippen molar-refractivity contribution in [1.82, 2.24) is 15.3 Å². The minimum absolute atomic E-state index is 0.123. The van der Waals surface area contributed by atoms with Gasteiger partial charge in [0.15, 0.2) is 0 Å². The first-order valence-electron chi connectivity index (χ1n) is 6.63. The molecule has 0 aliphatic rings. The van der Waals surface area contributed by atoms with Crippen molar-refractivity contribution in [2.24, 2.45) is 0 Å². The maximum atomic E-state index is 13.1. The van der Waals surface area contributed by atoms with E-state index in [9.17, 15) is 4.39 Å². The molecule has 1 unspecified atom stereocenters. The van der Waals surface area contributed by atoms with Crippen LogP contribution in [0.3, 0.4) is 0 Å². The van der Waals surface area contributed by atoms with Crippen LogP contribution in [0.5, 0.6) is 0 Å². The molecule has 5 heteroatoms. The van der Waals surface area contributed by atoms with Crippen LogP contribution >= 0.6 is 15.9 Å². The minimum atomic E-state index is -0.235. The van der Waals surface area contributed by atoms with Crippen LogP contribution in [-0.2, 0) is 6.42 Å². The third-order valence-corrected chi connectivity index (χ3v) is 3.80. The molecule has 1 atom stereocenters. The highest BCUT2D eigenvalue weighted by Gasteiger charge is 2.14. The van der Waals surface area contributed by atoms with Gasteiger partial charge in [0.05, 0.1) is 0 Å². The van der Waals surface area contributed by atoms with Crippen molar-refractivity contribution in [3.05, 3.63) is 58.3 Å². The van der Waals surface area contributed by atoms with E-state index >= 15 is 0 Å². The maximum Gasteiger partial charge on any atom is 0.124 e. The van der Waals surface area contributed by atoms with E-state index in [0.29, 0.717) is 0 Å². The number of hydrogen-bond donors (Lipinski definition) is 1. The molecule has 0 radical (unpaired) electrons. The molecule has 0 aliphatic carbocycles. The summed E-state index contributed by atoms with van der Waals surface area (Å²) in [7, 11) is 0. The summed E-state index contributed by atoms with van der Waals surface area (Å²) in [5, 5.41) is 3.48. The van der Waals surface area contributed by atoms with Crippen molar-refractivity contribution in [3.8, 4) is 0 Å². The third kappa shape index (κ3) is 4.08. The highest BCUT2D eigenvalue weighted by molar-refractivity contribution is 9.10. The van der Waals surface area contributed by atoms with Crippen LogP contribution in [0.2, 0.25) is 0 Å². The molecule has 1 heterocycles. The van der Waals surface area contributed by atoms with Gasteiger partial charge in [0.25, 0.3) is 0 Å². The van der Waals surface area contributed by atoms with E-state index in [0.717, 1.165) is 35.0 Å². The lowest BCUT2D eigenvalue weighted by Gasteiger charge is -2.19. The fourth-order valence-electron chi connectivity index (χ4n) is 2.02. The van der Waals surface area contributed by atoms with Crippen LogP contribution in [-0.4, -0.2) is 16.5 Å². The topological polar surface area (TPSA) is 37.8 Å². The Labute approximate surface area is 126 Å². The lowest BCUT2D eigenvalue weighted by molar-refractivity contribution is 0.524. The van der Waals surface area contributed by atoms with Gasteiger partial charge in [0.1, 0.15) is 12.1 Å². The van der Waals surface area contributed by atoms with Gasteiger partial charge in [-0.15, -0.1) is 0 Å². The van der Waals surface area contributed by atoms with E-state index < -0.39 is 0 Å². The number of rotatable bonds is 6. The van der Waals surface area contributed by atoms with Gasteiger partial charge in [0.2, 0.25) is 0 Å². The quantitative estimate of drug-likeness (QED) is 0.873. The number of benzene rings is 1. The highest BCUT2D eigenvalue weighted by atomic mass is 79.9. The van der Waals surface area contributed by atoms with E-state index in [-0.39, 0.29) is 11.9 Å². The Morgan fingerprint density at radius 2 is 2.05 bits per heavy atom. The lowest BCUT2D eigenvalue weighted by Crippen LogP contribution is -2.24. The number of aromatic nitrogens is 2. The number of nitrogens with one attached hydrogen (secondary N) is 1. The summed E-state index contributed by atoms with van der Waals surface area (Å²) in [5.41, 5.74) is 2.10. The highest BCUT2D eigenvalue weighted by Crippen LogP contribution is 2.24. The first kappa shape index (κ1) is 15.1. The van der Waals surface area contributed by atoms with Crippen molar-refractivity contribution in [2.75, 3.05) is 6.54 Å². The predicted octanol–water partition coefficient (Wildman–Crippen LogP) is 3.66. The fraction of sp³-hybridized carbons (Fsp3) is 0.333. The number of hydrogen-bond acceptors (Lipinski definition) is 3. The molecule has 0 bridgehead atoms. The van der Waals surface area contributed by atoms with Crippen molar-refractivity contribution in [3.63, 3.8) is 0 Å². The van der Waals surface area contributed by atoms with Crippen LogP contribution in [0.1, 0.15) is 30.5 Å². The zero-order chi connectivity index (χ0) is 14.4.